The highest BCUT2D eigenvalue weighted by Crippen LogP contribution is 2.39. The Labute approximate surface area is 609 Å². The zero-order valence-corrected chi connectivity index (χ0v) is 60.3. The summed E-state index contributed by atoms with van der Waals surface area (Å²) >= 11 is 0. The minimum Gasteiger partial charge on any atom is -0.493 e. The predicted molar refractivity (Wildman–Crippen MR) is 403 cm³/mol. The summed E-state index contributed by atoms with van der Waals surface area (Å²) in [5.74, 6) is 10.6. The number of rotatable bonds is 21. The predicted octanol–water partition coefficient (Wildman–Crippen LogP) is 11.2. The molecule has 0 bridgehead atoms. The van der Waals surface area contributed by atoms with Gasteiger partial charge in [0, 0.05) is 111 Å². The minimum absolute atomic E-state index is 0.185. The van der Waals surface area contributed by atoms with Gasteiger partial charge < -0.3 is 72.0 Å². The molecular weight excluding hydrogens is 1330 g/mol. The molecule has 1 unspecified atom stereocenters. The van der Waals surface area contributed by atoms with E-state index >= 15 is 0 Å². The van der Waals surface area contributed by atoms with Crippen molar-refractivity contribution < 1.29 is 42.6 Å². The first-order chi connectivity index (χ1) is 51.5. The van der Waals surface area contributed by atoms with Crippen LogP contribution in [0.5, 0.6) is 51.7 Å². The van der Waals surface area contributed by atoms with Gasteiger partial charge in [0.25, 0.3) is 0 Å². The van der Waals surface area contributed by atoms with E-state index in [1.807, 2.05) is 127 Å². The molecule has 3 saturated heterocycles. The maximum atomic E-state index is 5.83. The van der Waals surface area contributed by atoms with Crippen LogP contribution < -0.4 is 72.0 Å². The second-order valence-corrected chi connectivity index (χ2v) is 25.2. The van der Waals surface area contributed by atoms with E-state index in [9.17, 15) is 0 Å². The van der Waals surface area contributed by atoms with Gasteiger partial charge in [-0.1, -0.05) is 91.0 Å². The van der Waals surface area contributed by atoms with Crippen molar-refractivity contribution in [3.05, 3.63) is 200 Å². The Morgan fingerprint density at radius 1 is 0.305 bits per heavy atom. The standard InChI is InChI=1S/3C26H28N6O3/c2*1-18-15-31(26-27-13-20(14-28-26)35-16-19-7-5-4-6-8-19)9-10-32(18)25-21-11-23(33-2)24(34-3)12-22(21)29-17-30-25;1-18-15-31(25-21-11-23(33-2)24(34-3)12-22(21)29-17-30-25)9-10-32(18)26-27-13-20(14-28-26)35-16-19-7-5-4-6-8-19/h3*4-8,11-14,17-18H,9-10,15-16H2,1-3H3/t2*18-;/m11./s1. The first-order valence-electron chi connectivity index (χ1n) is 34.6. The Balaban J connectivity index is 0.000000140. The number of nitrogens with zero attached hydrogens (tertiary/aromatic N) is 18. The van der Waals surface area contributed by atoms with E-state index in [0.29, 0.717) is 89.4 Å². The summed E-state index contributed by atoms with van der Waals surface area (Å²) < 4.78 is 50.3. The van der Waals surface area contributed by atoms with Gasteiger partial charge in [-0.25, -0.2) is 59.8 Å². The Bertz CT molecular complexity index is 4620. The number of anilines is 6. The summed E-state index contributed by atoms with van der Waals surface area (Å²) in [6.07, 6.45) is 15.2. The zero-order valence-electron chi connectivity index (χ0n) is 60.3. The van der Waals surface area contributed by atoms with E-state index in [4.69, 9.17) is 42.6 Å². The van der Waals surface area contributed by atoms with Crippen LogP contribution >= 0.6 is 0 Å². The molecule has 0 saturated carbocycles. The van der Waals surface area contributed by atoms with Crippen LogP contribution in [-0.2, 0) is 19.8 Å². The van der Waals surface area contributed by atoms with E-state index in [-0.39, 0.29) is 18.1 Å². The van der Waals surface area contributed by atoms with Gasteiger partial charge in [0.2, 0.25) is 17.8 Å². The third kappa shape index (κ3) is 16.7. The van der Waals surface area contributed by atoms with Crippen LogP contribution in [0.4, 0.5) is 35.3 Å². The Morgan fingerprint density at radius 3 is 0.924 bits per heavy atom. The first-order valence-corrected chi connectivity index (χ1v) is 34.6. The molecule has 12 aromatic rings. The molecule has 27 heteroatoms. The van der Waals surface area contributed by atoms with Gasteiger partial charge in [-0.05, 0) is 55.7 Å². The number of hydrogen-bond donors (Lipinski definition) is 0. The molecule has 6 aromatic heterocycles. The number of ether oxygens (including phenoxy) is 9. The lowest BCUT2D eigenvalue weighted by molar-refractivity contribution is 0.303. The fourth-order valence-electron chi connectivity index (χ4n) is 13.0. The van der Waals surface area contributed by atoms with E-state index in [0.717, 1.165) is 126 Å². The quantitative estimate of drug-likeness (QED) is 0.0647. The molecule has 3 atom stereocenters. The van der Waals surface area contributed by atoms with Crippen molar-refractivity contribution in [3.8, 4) is 51.7 Å². The third-order valence-corrected chi connectivity index (χ3v) is 18.5. The molecule has 0 amide bonds. The van der Waals surface area contributed by atoms with Gasteiger partial charge in [-0.15, -0.1) is 0 Å². The lowest BCUT2D eigenvalue weighted by atomic mass is 10.1. The molecule has 3 aliphatic rings. The van der Waals surface area contributed by atoms with Crippen LogP contribution in [0.2, 0.25) is 0 Å². The Kier molecular flexibility index (Phi) is 22.7. The SMILES string of the molecule is COc1cc2ncnc(N3CCN(c4ncc(OCc5ccccc5)cn4)C(C)C3)c2cc1OC.COc1cc2ncnc(N3CCN(c4ncc(OCc5ccccc5)cn4)C[C@H]3C)c2cc1OC.COc1cc2ncnc(N3CCN(c4ncc(OCc5ccccc5)cn4)C[C@H]3C)c2cc1OC. The summed E-state index contributed by atoms with van der Waals surface area (Å²) in [6, 6.07) is 42.2. The summed E-state index contributed by atoms with van der Waals surface area (Å²) in [5, 5.41) is 2.80. The van der Waals surface area contributed by atoms with Crippen molar-refractivity contribution in [1.82, 2.24) is 59.8 Å². The molecule has 3 aliphatic heterocycles. The van der Waals surface area contributed by atoms with Crippen LogP contribution in [0, 0.1) is 0 Å². The molecule has 0 spiro atoms. The number of aromatic nitrogens is 12. The highest BCUT2D eigenvalue weighted by atomic mass is 16.5. The summed E-state index contributed by atoms with van der Waals surface area (Å²) in [6.45, 7) is 14.9. The van der Waals surface area contributed by atoms with E-state index in [1.165, 1.54) is 0 Å². The van der Waals surface area contributed by atoms with Gasteiger partial charge in [0.15, 0.2) is 51.7 Å². The van der Waals surface area contributed by atoms with Gasteiger partial charge in [-0.2, -0.15) is 0 Å². The third-order valence-electron chi connectivity index (χ3n) is 18.5. The molecule has 540 valence electrons. The highest BCUT2D eigenvalue weighted by molar-refractivity contribution is 5.94. The number of piperazine rings is 3. The maximum Gasteiger partial charge on any atom is 0.225 e. The smallest absolute Gasteiger partial charge is 0.225 e. The molecule has 3 fully saturated rings. The summed E-state index contributed by atoms with van der Waals surface area (Å²) in [5.41, 5.74) is 5.77. The van der Waals surface area contributed by atoms with Crippen LogP contribution in [0.1, 0.15) is 37.5 Å². The number of fused-ring (bicyclic) bond motifs is 3. The van der Waals surface area contributed by atoms with Crippen molar-refractivity contribution in [3.63, 3.8) is 0 Å². The zero-order chi connectivity index (χ0) is 72.6. The molecule has 6 aromatic carbocycles. The molecule has 0 N–H and O–H groups in total. The van der Waals surface area contributed by atoms with Crippen molar-refractivity contribution >= 4 is 68.0 Å². The first kappa shape index (κ1) is 71.0. The van der Waals surface area contributed by atoms with Gasteiger partial charge in [-0.3, -0.25) is 0 Å². The minimum atomic E-state index is 0.185. The average molecular weight is 1420 g/mol. The molecule has 105 heavy (non-hydrogen) atoms. The van der Waals surface area contributed by atoms with E-state index in [2.05, 4.69) is 110 Å². The molecule has 9 heterocycles. The van der Waals surface area contributed by atoms with Crippen LogP contribution in [0.3, 0.4) is 0 Å². The normalized spacial score (nSPS) is 15.8. The number of benzene rings is 6. The monoisotopic (exact) mass is 1420 g/mol. The van der Waals surface area contributed by atoms with Crippen molar-refractivity contribution in [1.29, 1.82) is 0 Å². The van der Waals surface area contributed by atoms with Crippen molar-refractivity contribution in [2.24, 2.45) is 0 Å². The Hall–Kier alpha value is -12.4. The van der Waals surface area contributed by atoms with Gasteiger partial charge in [0.1, 0.15) is 56.3 Å². The van der Waals surface area contributed by atoms with Gasteiger partial charge >= 0.3 is 0 Å². The summed E-state index contributed by atoms with van der Waals surface area (Å²) in [7, 11) is 9.76. The topological polar surface area (TPSA) is 257 Å². The molecular formula is C78H84N18O9. The van der Waals surface area contributed by atoms with Crippen molar-refractivity contribution in [2.75, 3.05) is 131 Å². The average Bonchev–Trinajstić information content (AvgIpc) is 0.795. The number of methoxy groups -OCH3 is 6. The largest absolute Gasteiger partial charge is 0.493 e. The van der Waals surface area contributed by atoms with Crippen LogP contribution in [0.15, 0.2) is 184 Å². The maximum absolute atomic E-state index is 5.83. The van der Waals surface area contributed by atoms with E-state index < -0.39 is 0 Å². The second-order valence-electron chi connectivity index (χ2n) is 25.2. The van der Waals surface area contributed by atoms with Crippen LogP contribution in [-0.4, -0.2) is 179 Å². The molecule has 0 aliphatic carbocycles. The molecule has 27 nitrogen and oxygen atoms in total. The van der Waals surface area contributed by atoms with Crippen molar-refractivity contribution in [2.45, 2.75) is 58.7 Å². The van der Waals surface area contributed by atoms with E-state index in [1.54, 1.807) is 98.8 Å². The highest BCUT2D eigenvalue weighted by Gasteiger charge is 2.32. The molecule has 0 radical (unpaired) electrons. The molecule has 15 rings (SSSR count). The van der Waals surface area contributed by atoms with Gasteiger partial charge in [0.05, 0.1) is 96.4 Å². The fraction of sp³-hybridized carbons (Fsp3) is 0.308. The summed E-state index contributed by atoms with van der Waals surface area (Å²) in [4.78, 5) is 68.0. The Morgan fingerprint density at radius 2 is 0.590 bits per heavy atom. The second kappa shape index (κ2) is 33.6. The lowest BCUT2D eigenvalue weighted by Crippen LogP contribution is -2.53. The number of hydrogen-bond acceptors (Lipinski definition) is 27. The van der Waals surface area contributed by atoms with Crippen LogP contribution in [0.25, 0.3) is 32.7 Å². The lowest BCUT2D eigenvalue weighted by Gasteiger charge is -2.40. The fourth-order valence-corrected chi connectivity index (χ4v) is 13.0.